The fraction of sp³-hybridized carbons (Fsp3) is 1.00. The molecule has 0 aliphatic carbocycles. The topological polar surface area (TPSA) is 18.5 Å². The molecule has 0 bridgehead atoms. The Kier molecular flexibility index (Phi) is 13.3. The van der Waals surface area contributed by atoms with Crippen molar-refractivity contribution in [2.75, 3.05) is 13.2 Å². The molecule has 0 unspecified atom stereocenters. The Morgan fingerprint density at radius 3 is 1.75 bits per heavy atom. The summed E-state index contributed by atoms with van der Waals surface area (Å²) in [5.74, 6) is 0. The van der Waals surface area contributed by atoms with Crippen LogP contribution in [0.5, 0.6) is 0 Å². The van der Waals surface area contributed by atoms with E-state index < -0.39 is 9.28 Å². The van der Waals surface area contributed by atoms with Gasteiger partial charge in [0.1, 0.15) is 0 Å². The lowest BCUT2D eigenvalue weighted by Gasteiger charge is -2.15. The zero-order valence-electron chi connectivity index (χ0n) is 11.5. The van der Waals surface area contributed by atoms with E-state index in [1.54, 1.807) is 0 Å². The van der Waals surface area contributed by atoms with Crippen molar-refractivity contribution in [3.63, 3.8) is 0 Å². The van der Waals surface area contributed by atoms with Crippen molar-refractivity contribution in [2.45, 2.75) is 71.8 Å². The molecule has 0 aliphatic rings. The summed E-state index contributed by atoms with van der Waals surface area (Å²) in [5.41, 5.74) is 0. The summed E-state index contributed by atoms with van der Waals surface area (Å²) in [6, 6.07) is 1.20. The van der Waals surface area contributed by atoms with Crippen LogP contribution in [0, 0.1) is 0 Å². The van der Waals surface area contributed by atoms with Gasteiger partial charge in [-0.2, -0.15) is 0 Å². The first-order valence-electron chi connectivity index (χ1n) is 7.08. The molecule has 0 radical (unpaired) electrons. The Morgan fingerprint density at radius 2 is 1.25 bits per heavy atom. The standard InChI is InChI=1S/C13H30O2Si/c1-4-7-8-9-10-13-16(14-11-5-2)15-12-6-3/h16H,4-13H2,1-3H3. The van der Waals surface area contributed by atoms with Crippen molar-refractivity contribution >= 4 is 9.28 Å². The van der Waals surface area contributed by atoms with Crippen molar-refractivity contribution < 1.29 is 8.85 Å². The molecule has 3 heteroatoms. The maximum atomic E-state index is 5.82. The van der Waals surface area contributed by atoms with Gasteiger partial charge in [0.25, 0.3) is 0 Å². The first-order chi connectivity index (χ1) is 7.85. The first-order valence-corrected chi connectivity index (χ1v) is 8.84. The van der Waals surface area contributed by atoms with E-state index >= 15 is 0 Å². The monoisotopic (exact) mass is 246 g/mol. The van der Waals surface area contributed by atoms with Crippen LogP contribution in [0.4, 0.5) is 0 Å². The molecule has 0 aromatic carbocycles. The largest absolute Gasteiger partial charge is 0.397 e. The highest BCUT2D eigenvalue weighted by atomic mass is 28.3. The van der Waals surface area contributed by atoms with Crippen LogP contribution >= 0.6 is 0 Å². The predicted octanol–water partition coefficient (Wildman–Crippen LogP) is 4.03. The fourth-order valence-electron chi connectivity index (χ4n) is 1.63. The molecule has 2 nitrogen and oxygen atoms in total. The van der Waals surface area contributed by atoms with E-state index in [-0.39, 0.29) is 0 Å². The van der Waals surface area contributed by atoms with Gasteiger partial charge in [0.15, 0.2) is 0 Å². The van der Waals surface area contributed by atoms with Gasteiger partial charge in [-0.25, -0.2) is 0 Å². The minimum Gasteiger partial charge on any atom is -0.397 e. The van der Waals surface area contributed by atoms with Gasteiger partial charge >= 0.3 is 9.28 Å². The first kappa shape index (κ1) is 16.1. The van der Waals surface area contributed by atoms with Gasteiger partial charge in [0.05, 0.1) is 0 Å². The zero-order valence-corrected chi connectivity index (χ0v) is 12.6. The molecule has 0 aromatic heterocycles. The van der Waals surface area contributed by atoms with Crippen molar-refractivity contribution in [3.05, 3.63) is 0 Å². The summed E-state index contributed by atoms with van der Waals surface area (Å²) in [7, 11) is -1.32. The third-order valence-electron chi connectivity index (χ3n) is 2.56. The second kappa shape index (κ2) is 13.2. The van der Waals surface area contributed by atoms with Gasteiger partial charge in [-0.05, 0) is 18.9 Å². The maximum Gasteiger partial charge on any atom is 0.321 e. The minimum atomic E-state index is -1.32. The molecule has 0 aromatic rings. The summed E-state index contributed by atoms with van der Waals surface area (Å²) in [6.07, 6.45) is 8.92. The zero-order chi connectivity index (χ0) is 12.1. The Labute approximate surface area is 104 Å². The van der Waals surface area contributed by atoms with Crippen molar-refractivity contribution in [2.24, 2.45) is 0 Å². The van der Waals surface area contributed by atoms with Crippen LogP contribution in [0.2, 0.25) is 6.04 Å². The molecule has 0 saturated heterocycles. The number of hydrogen-bond donors (Lipinski definition) is 0. The minimum absolute atomic E-state index is 0.884. The SMILES string of the molecule is CCCCCCC[SiH](OCCC)OCCC. The molecule has 0 fully saturated rings. The van der Waals surface area contributed by atoms with Crippen molar-refractivity contribution in [1.82, 2.24) is 0 Å². The van der Waals surface area contributed by atoms with Crippen molar-refractivity contribution in [1.29, 1.82) is 0 Å². The molecule has 0 spiro atoms. The van der Waals surface area contributed by atoms with E-state index in [2.05, 4.69) is 20.8 Å². The van der Waals surface area contributed by atoms with Gasteiger partial charge in [0, 0.05) is 13.2 Å². The van der Waals surface area contributed by atoms with E-state index in [4.69, 9.17) is 8.85 Å². The predicted molar refractivity (Wildman–Crippen MR) is 73.2 cm³/mol. The second-order valence-electron chi connectivity index (χ2n) is 4.37. The van der Waals surface area contributed by atoms with Crippen LogP contribution in [-0.2, 0) is 8.85 Å². The maximum absolute atomic E-state index is 5.82. The summed E-state index contributed by atoms with van der Waals surface area (Å²) in [5, 5.41) is 0. The van der Waals surface area contributed by atoms with Gasteiger partial charge in [0.2, 0.25) is 0 Å². The molecule has 0 rings (SSSR count). The summed E-state index contributed by atoms with van der Waals surface area (Å²) >= 11 is 0. The van der Waals surface area contributed by atoms with Gasteiger partial charge < -0.3 is 8.85 Å². The molecular formula is C13H30O2Si. The third-order valence-corrected chi connectivity index (χ3v) is 4.65. The Balaban J connectivity index is 3.48. The average molecular weight is 246 g/mol. The molecule has 0 aliphatic heterocycles. The number of rotatable bonds is 12. The molecule has 0 N–H and O–H groups in total. The van der Waals surface area contributed by atoms with E-state index in [0.29, 0.717) is 0 Å². The fourth-order valence-corrected chi connectivity index (χ4v) is 3.68. The molecule has 98 valence electrons. The lowest BCUT2D eigenvalue weighted by molar-refractivity contribution is 0.195. The van der Waals surface area contributed by atoms with Crippen molar-refractivity contribution in [3.8, 4) is 0 Å². The van der Waals surface area contributed by atoms with Gasteiger partial charge in [-0.15, -0.1) is 0 Å². The van der Waals surface area contributed by atoms with Crippen LogP contribution in [0.15, 0.2) is 0 Å². The molecule has 0 atom stereocenters. The lowest BCUT2D eigenvalue weighted by Crippen LogP contribution is -2.23. The molecule has 16 heavy (non-hydrogen) atoms. The molecular weight excluding hydrogens is 216 g/mol. The number of hydrogen-bond acceptors (Lipinski definition) is 2. The lowest BCUT2D eigenvalue weighted by atomic mass is 10.2. The van der Waals surface area contributed by atoms with Crippen LogP contribution in [0.3, 0.4) is 0 Å². The van der Waals surface area contributed by atoms with E-state index in [1.165, 1.54) is 38.1 Å². The quantitative estimate of drug-likeness (QED) is 0.382. The van der Waals surface area contributed by atoms with E-state index in [0.717, 1.165) is 26.1 Å². The van der Waals surface area contributed by atoms with Crippen LogP contribution in [-0.4, -0.2) is 22.5 Å². The highest BCUT2D eigenvalue weighted by molar-refractivity contribution is 6.44. The third kappa shape index (κ3) is 10.6. The number of unbranched alkanes of at least 4 members (excludes halogenated alkanes) is 4. The highest BCUT2D eigenvalue weighted by Crippen LogP contribution is 2.09. The molecule has 0 heterocycles. The normalized spacial score (nSPS) is 11.2. The summed E-state index contributed by atoms with van der Waals surface area (Å²) < 4.78 is 11.6. The second-order valence-corrected chi connectivity index (χ2v) is 6.48. The average Bonchev–Trinajstić information content (AvgIpc) is 2.31. The Morgan fingerprint density at radius 1 is 0.688 bits per heavy atom. The van der Waals surface area contributed by atoms with Gasteiger partial charge in [-0.3, -0.25) is 0 Å². The highest BCUT2D eigenvalue weighted by Gasteiger charge is 2.11. The van der Waals surface area contributed by atoms with E-state index in [9.17, 15) is 0 Å². The van der Waals surface area contributed by atoms with Crippen LogP contribution in [0.25, 0.3) is 0 Å². The Hall–Kier alpha value is 0.137. The van der Waals surface area contributed by atoms with Crippen LogP contribution < -0.4 is 0 Å². The van der Waals surface area contributed by atoms with Gasteiger partial charge in [-0.1, -0.05) is 52.9 Å². The summed E-state index contributed by atoms with van der Waals surface area (Å²) in [6.45, 7) is 8.34. The molecule has 0 saturated carbocycles. The van der Waals surface area contributed by atoms with Crippen LogP contribution in [0.1, 0.15) is 65.7 Å². The Bertz CT molecular complexity index is 123. The smallest absolute Gasteiger partial charge is 0.321 e. The van der Waals surface area contributed by atoms with E-state index in [1.807, 2.05) is 0 Å². The summed E-state index contributed by atoms with van der Waals surface area (Å²) in [4.78, 5) is 0. The molecule has 0 amide bonds.